The number of alkyl halides is 3. The second-order valence-electron chi connectivity index (χ2n) is 4.11. The number of hydrogen-bond acceptors (Lipinski definition) is 3. The predicted molar refractivity (Wildman–Crippen MR) is 66.8 cm³/mol. The van der Waals surface area contributed by atoms with Crippen LogP contribution in [-0.2, 0) is 4.79 Å². The third-order valence-corrected chi connectivity index (χ3v) is 3.31. The number of nitrogens with zero attached hydrogens (tertiary/aromatic N) is 3. The van der Waals surface area contributed by atoms with Crippen LogP contribution in [0.4, 0.5) is 19.0 Å². The fourth-order valence-electron chi connectivity index (χ4n) is 1.87. The number of hydrogen-bond donors (Lipinski definition) is 0. The van der Waals surface area contributed by atoms with Crippen LogP contribution >= 0.6 is 15.9 Å². The van der Waals surface area contributed by atoms with Crippen LogP contribution in [0.15, 0.2) is 22.8 Å². The van der Waals surface area contributed by atoms with Gasteiger partial charge in [-0.3, -0.25) is 4.79 Å². The molecule has 0 aromatic carbocycles. The summed E-state index contributed by atoms with van der Waals surface area (Å²) < 4.78 is 37.7. The van der Waals surface area contributed by atoms with Crippen LogP contribution in [0, 0.1) is 0 Å². The number of aromatic nitrogens is 1. The summed E-state index contributed by atoms with van der Waals surface area (Å²) in [5, 5.41) is 0. The van der Waals surface area contributed by atoms with E-state index in [4.69, 9.17) is 0 Å². The van der Waals surface area contributed by atoms with Gasteiger partial charge in [-0.25, -0.2) is 4.98 Å². The smallest absolute Gasteiger partial charge is 0.353 e. The summed E-state index contributed by atoms with van der Waals surface area (Å²) in [5.41, 5.74) is 0. The molecule has 2 heterocycles. The normalized spacial score (nSPS) is 16.6. The molecule has 1 saturated heterocycles. The number of piperazine rings is 1. The molecule has 8 heteroatoms. The molecule has 0 N–H and O–H groups in total. The lowest BCUT2D eigenvalue weighted by atomic mass is 10.3. The maximum Gasteiger partial charge on any atom is 0.471 e. The van der Waals surface area contributed by atoms with Gasteiger partial charge >= 0.3 is 12.1 Å². The Labute approximate surface area is 116 Å². The Morgan fingerprint density at radius 1 is 1.21 bits per heavy atom. The summed E-state index contributed by atoms with van der Waals surface area (Å²) in [6.45, 7) is 0.791. The van der Waals surface area contributed by atoms with Gasteiger partial charge in [0.2, 0.25) is 0 Å². The van der Waals surface area contributed by atoms with Crippen molar-refractivity contribution in [2.45, 2.75) is 6.18 Å². The Kier molecular flexibility index (Phi) is 3.98. The Bertz CT molecular complexity index is 455. The van der Waals surface area contributed by atoms with Gasteiger partial charge in [-0.05, 0) is 28.1 Å². The van der Waals surface area contributed by atoms with Gasteiger partial charge in [0, 0.05) is 36.8 Å². The van der Waals surface area contributed by atoms with Crippen molar-refractivity contribution >= 4 is 27.7 Å². The van der Waals surface area contributed by atoms with Gasteiger partial charge in [0.1, 0.15) is 5.82 Å². The Morgan fingerprint density at radius 3 is 2.32 bits per heavy atom. The molecule has 4 nitrogen and oxygen atoms in total. The lowest BCUT2D eigenvalue weighted by Crippen LogP contribution is -2.52. The highest BCUT2D eigenvalue weighted by Crippen LogP contribution is 2.21. The van der Waals surface area contributed by atoms with Crippen molar-refractivity contribution in [3.05, 3.63) is 22.8 Å². The van der Waals surface area contributed by atoms with Gasteiger partial charge < -0.3 is 9.80 Å². The molecule has 0 spiro atoms. The first-order valence-electron chi connectivity index (χ1n) is 5.60. The zero-order valence-electron chi connectivity index (χ0n) is 9.82. The summed E-state index contributed by atoms with van der Waals surface area (Å²) in [6.07, 6.45) is -3.17. The van der Waals surface area contributed by atoms with Crippen molar-refractivity contribution < 1.29 is 18.0 Å². The predicted octanol–water partition coefficient (Wildman–Crippen LogP) is 2.06. The third kappa shape index (κ3) is 3.37. The van der Waals surface area contributed by atoms with Gasteiger partial charge in [0.15, 0.2) is 0 Å². The lowest BCUT2D eigenvalue weighted by Gasteiger charge is -2.35. The number of amides is 1. The van der Waals surface area contributed by atoms with Gasteiger partial charge in [0.25, 0.3) is 0 Å². The van der Waals surface area contributed by atoms with E-state index in [1.807, 2.05) is 11.0 Å². The van der Waals surface area contributed by atoms with E-state index in [1.54, 1.807) is 12.3 Å². The van der Waals surface area contributed by atoms with E-state index in [2.05, 4.69) is 20.9 Å². The van der Waals surface area contributed by atoms with Crippen LogP contribution in [0.5, 0.6) is 0 Å². The molecule has 1 amide bonds. The van der Waals surface area contributed by atoms with E-state index in [0.29, 0.717) is 18.9 Å². The van der Waals surface area contributed by atoms with E-state index in [0.717, 1.165) is 9.37 Å². The highest BCUT2D eigenvalue weighted by Gasteiger charge is 2.43. The number of halogens is 4. The lowest BCUT2D eigenvalue weighted by molar-refractivity contribution is -0.185. The average molecular weight is 338 g/mol. The molecule has 2 rings (SSSR count). The largest absolute Gasteiger partial charge is 0.471 e. The molecular weight excluding hydrogens is 327 g/mol. The van der Waals surface area contributed by atoms with E-state index in [1.165, 1.54) is 0 Å². The molecule has 0 bridgehead atoms. The minimum absolute atomic E-state index is 0.0517. The van der Waals surface area contributed by atoms with E-state index in [-0.39, 0.29) is 13.1 Å². The second-order valence-corrected chi connectivity index (χ2v) is 5.03. The molecule has 0 atom stereocenters. The Hall–Kier alpha value is -1.31. The van der Waals surface area contributed by atoms with Crippen LogP contribution in [0.3, 0.4) is 0 Å². The minimum Gasteiger partial charge on any atom is -0.353 e. The van der Waals surface area contributed by atoms with Crippen LogP contribution in [0.2, 0.25) is 0 Å². The summed E-state index contributed by atoms with van der Waals surface area (Å²) in [5.74, 6) is -1.07. The first-order chi connectivity index (χ1) is 8.88. The van der Waals surface area contributed by atoms with Crippen molar-refractivity contribution in [3.63, 3.8) is 0 Å². The number of rotatable bonds is 1. The monoisotopic (exact) mass is 337 g/mol. The number of carbonyl (C=O) groups excluding carboxylic acids is 1. The maximum atomic E-state index is 12.3. The zero-order chi connectivity index (χ0) is 14.0. The Balaban J connectivity index is 1.96. The van der Waals surface area contributed by atoms with Crippen molar-refractivity contribution in [2.24, 2.45) is 0 Å². The number of pyridine rings is 1. The van der Waals surface area contributed by atoms with Crippen molar-refractivity contribution in [1.82, 2.24) is 9.88 Å². The van der Waals surface area contributed by atoms with Crippen LogP contribution in [-0.4, -0.2) is 48.1 Å². The molecule has 1 aliphatic rings. The van der Waals surface area contributed by atoms with E-state index >= 15 is 0 Å². The Morgan fingerprint density at radius 2 is 1.84 bits per heavy atom. The first kappa shape index (κ1) is 14.1. The molecule has 1 aromatic rings. The summed E-state index contributed by atoms with van der Waals surface area (Å²) in [4.78, 5) is 17.9. The van der Waals surface area contributed by atoms with Crippen LogP contribution in [0.25, 0.3) is 0 Å². The molecule has 0 aliphatic carbocycles. The van der Waals surface area contributed by atoms with Crippen LogP contribution in [0.1, 0.15) is 0 Å². The maximum absolute atomic E-state index is 12.3. The topological polar surface area (TPSA) is 36.4 Å². The summed E-state index contributed by atoms with van der Waals surface area (Å²) in [7, 11) is 0. The van der Waals surface area contributed by atoms with Crippen LogP contribution < -0.4 is 4.90 Å². The number of anilines is 1. The highest BCUT2D eigenvalue weighted by atomic mass is 79.9. The zero-order valence-corrected chi connectivity index (χ0v) is 11.4. The fraction of sp³-hybridized carbons (Fsp3) is 0.455. The first-order valence-corrected chi connectivity index (χ1v) is 6.40. The molecule has 1 fully saturated rings. The van der Waals surface area contributed by atoms with Gasteiger partial charge in [0.05, 0.1) is 0 Å². The van der Waals surface area contributed by atoms with E-state index in [9.17, 15) is 18.0 Å². The molecule has 1 aromatic heterocycles. The van der Waals surface area contributed by atoms with Crippen molar-refractivity contribution in [1.29, 1.82) is 0 Å². The van der Waals surface area contributed by atoms with E-state index < -0.39 is 12.1 Å². The summed E-state index contributed by atoms with van der Waals surface area (Å²) in [6, 6.07) is 3.60. The average Bonchev–Trinajstić information content (AvgIpc) is 2.38. The second kappa shape index (κ2) is 5.36. The molecule has 1 aliphatic heterocycles. The highest BCUT2D eigenvalue weighted by molar-refractivity contribution is 9.10. The SMILES string of the molecule is O=C(N1CCN(c2ccc(Br)cn2)CC1)C(F)(F)F. The molecular formula is C11H11BrF3N3O. The van der Waals surface area contributed by atoms with Crippen molar-refractivity contribution in [2.75, 3.05) is 31.1 Å². The molecule has 19 heavy (non-hydrogen) atoms. The molecule has 0 saturated carbocycles. The fourth-order valence-corrected chi connectivity index (χ4v) is 2.11. The quantitative estimate of drug-likeness (QED) is 0.787. The molecule has 0 unspecified atom stereocenters. The number of carbonyl (C=O) groups is 1. The van der Waals surface area contributed by atoms with Gasteiger partial charge in [-0.2, -0.15) is 13.2 Å². The van der Waals surface area contributed by atoms with Gasteiger partial charge in [-0.15, -0.1) is 0 Å². The standard InChI is InChI=1S/C11H11BrF3N3O/c12-8-1-2-9(16-7-8)17-3-5-18(6-4-17)10(19)11(13,14)15/h1-2,7H,3-6H2. The minimum atomic E-state index is -4.79. The molecule has 104 valence electrons. The third-order valence-electron chi connectivity index (χ3n) is 2.85. The van der Waals surface area contributed by atoms with Crippen molar-refractivity contribution in [3.8, 4) is 0 Å². The van der Waals surface area contributed by atoms with Gasteiger partial charge in [-0.1, -0.05) is 0 Å². The summed E-state index contributed by atoms with van der Waals surface area (Å²) >= 11 is 3.26. The molecule has 0 radical (unpaired) electrons.